The van der Waals surface area contributed by atoms with Gasteiger partial charge in [-0.05, 0) is 18.6 Å². The molecule has 0 saturated heterocycles. The molecule has 70 valence electrons. The molecule has 3 heteroatoms. The van der Waals surface area contributed by atoms with E-state index in [1.165, 1.54) is 0 Å². The zero-order valence-corrected chi connectivity index (χ0v) is 9.86. The Morgan fingerprint density at radius 1 is 1.54 bits per heavy atom. The van der Waals surface area contributed by atoms with Gasteiger partial charge in [-0.1, -0.05) is 28.1 Å². The quantitative estimate of drug-likeness (QED) is 0.501. The van der Waals surface area contributed by atoms with Crippen molar-refractivity contribution in [3.8, 4) is 0 Å². The molecule has 0 saturated carbocycles. The summed E-state index contributed by atoms with van der Waals surface area (Å²) >= 11 is 7.51. The molecule has 0 aromatic heterocycles. The number of ketones is 1. The second-order valence-corrected chi connectivity index (χ2v) is 4.14. The summed E-state index contributed by atoms with van der Waals surface area (Å²) in [5.41, 5.74) is 1.84. The Balaban J connectivity index is 2.90. The van der Waals surface area contributed by atoms with E-state index in [-0.39, 0.29) is 5.78 Å². The Labute approximate surface area is 92.1 Å². The van der Waals surface area contributed by atoms with E-state index in [1.807, 2.05) is 25.1 Å². The first kappa shape index (κ1) is 10.8. The number of thiol groups is 1. The van der Waals surface area contributed by atoms with Crippen LogP contribution in [0, 0.1) is 6.92 Å². The van der Waals surface area contributed by atoms with Gasteiger partial charge in [0.2, 0.25) is 0 Å². The number of Topliss-reactive ketones (excluding diaryl/α,β-unsaturated/α-hetero) is 1. The van der Waals surface area contributed by atoms with Gasteiger partial charge in [-0.25, -0.2) is 0 Å². The maximum Gasteiger partial charge on any atom is 0.163 e. The summed E-state index contributed by atoms with van der Waals surface area (Å²) in [6, 6.07) is 5.59. The van der Waals surface area contributed by atoms with E-state index in [0.717, 1.165) is 16.0 Å². The smallest absolute Gasteiger partial charge is 0.163 e. The maximum atomic E-state index is 11.4. The maximum absolute atomic E-state index is 11.4. The van der Waals surface area contributed by atoms with Crippen LogP contribution in [0.2, 0.25) is 0 Å². The molecule has 1 rings (SSSR count). The normalized spacial score (nSPS) is 10.1. The zero-order chi connectivity index (χ0) is 9.84. The summed E-state index contributed by atoms with van der Waals surface area (Å²) in [7, 11) is 0. The van der Waals surface area contributed by atoms with E-state index in [9.17, 15) is 4.79 Å². The molecule has 0 unspecified atom stereocenters. The number of halogens is 1. The SMILES string of the molecule is Cc1ccc(C(=O)CCBr)cc1S. The van der Waals surface area contributed by atoms with Gasteiger partial charge < -0.3 is 0 Å². The molecule has 0 fully saturated rings. The van der Waals surface area contributed by atoms with Crippen LogP contribution in [-0.2, 0) is 0 Å². The van der Waals surface area contributed by atoms with Crippen LogP contribution in [0.15, 0.2) is 23.1 Å². The second kappa shape index (κ2) is 4.82. The summed E-state index contributed by atoms with van der Waals surface area (Å²) < 4.78 is 0. The van der Waals surface area contributed by atoms with Crippen LogP contribution in [0.25, 0.3) is 0 Å². The molecule has 0 aliphatic rings. The number of alkyl halides is 1. The largest absolute Gasteiger partial charge is 0.294 e. The van der Waals surface area contributed by atoms with Crippen LogP contribution in [-0.4, -0.2) is 11.1 Å². The average molecular weight is 259 g/mol. The van der Waals surface area contributed by atoms with Crippen LogP contribution < -0.4 is 0 Å². The van der Waals surface area contributed by atoms with E-state index >= 15 is 0 Å². The molecular weight excluding hydrogens is 248 g/mol. The lowest BCUT2D eigenvalue weighted by atomic mass is 10.1. The van der Waals surface area contributed by atoms with Gasteiger partial charge in [-0.15, -0.1) is 12.6 Å². The molecule has 1 aromatic rings. The first-order valence-corrected chi connectivity index (χ1v) is 5.61. The van der Waals surface area contributed by atoms with Crippen LogP contribution in [0.5, 0.6) is 0 Å². The molecule has 0 radical (unpaired) electrons. The molecule has 13 heavy (non-hydrogen) atoms. The molecule has 0 heterocycles. The first-order chi connectivity index (χ1) is 6.15. The fraction of sp³-hybridized carbons (Fsp3) is 0.300. The topological polar surface area (TPSA) is 17.1 Å². The third-order valence-electron chi connectivity index (χ3n) is 1.85. The van der Waals surface area contributed by atoms with Gasteiger partial charge in [0.1, 0.15) is 0 Å². The molecule has 0 aliphatic carbocycles. The van der Waals surface area contributed by atoms with Crippen molar-refractivity contribution in [2.75, 3.05) is 5.33 Å². The van der Waals surface area contributed by atoms with Crippen molar-refractivity contribution in [1.29, 1.82) is 0 Å². The minimum atomic E-state index is 0.159. The molecule has 0 bridgehead atoms. The highest BCUT2D eigenvalue weighted by molar-refractivity contribution is 9.09. The van der Waals surface area contributed by atoms with Crippen LogP contribution in [0.1, 0.15) is 22.3 Å². The van der Waals surface area contributed by atoms with Gasteiger partial charge in [-0.3, -0.25) is 4.79 Å². The monoisotopic (exact) mass is 258 g/mol. The highest BCUT2D eigenvalue weighted by Crippen LogP contribution is 2.16. The van der Waals surface area contributed by atoms with Crippen molar-refractivity contribution < 1.29 is 4.79 Å². The van der Waals surface area contributed by atoms with E-state index in [1.54, 1.807) is 0 Å². The summed E-state index contributed by atoms with van der Waals surface area (Å²) in [5.74, 6) is 0.159. The van der Waals surface area contributed by atoms with Gasteiger partial charge in [-0.2, -0.15) is 0 Å². The highest BCUT2D eigenvalue weighted by Gasteiger charge is 2.05. The van der Waals surface area contributed by atoms with E-state index in [2.05, 4.69) is 28.6 Å². The van der Waals surface area contributed by atoms with Crippen LogP contribution in [0.3, 0.4) is 0 Å². The molecular formula is C10H11BrOS. The van der Waals surface area contributed by atoms with E-state index in [0.29, 0.717) is 11.8 Å². The summed E-state index contributed by atoms with van der Waals surface area (Å²) in [6.07, 6.45) is 0.538. The first-order valence-electron chi connectivity index (χ1n) is 4.04. The standard InChI is InChI=1S/C10H11BrOS/c1-7-2-3-8(6-10(7)13)9(12)4-5-11/h2-3,6,13H,4-5H2,1H3. The minimum absolute atomic E-state index is 0.159. The Morgan fingerprint density at radius 3 is 2.77 bits per heavy atom. The lowest BCUT2D eigenvalue weighted by molar-refractivity contribution is 0.0989. The predicted octanol–water partition coefficient (Wildman–Crippen LogP) is 3.25. The second-order valence-electron chi connectivity index (χ2n) is 2.86. The number of aryl methyl sites for hydroxylation is 1. The Kier molecular flexibility index (Phi) is 4.00. The van der Waals surface area contributed by atoms with Gasteiger partial charge in [0.25, 0.3) is 0 Å². The molecule has 0 spiro atoms. The molecule has 0 atom stereocenters. The molecule has 1 nitrogen and oxygen atoms in total. The van der Waals surface area contributed by atoms with Crippen molar-refractivity contribution in [2.24, 2.45) is 0 Å². The summed E-state index contributed by atoms with van der Waals surface area (Å²) in [4.78, 5) is 12.3. The van der Waals surface area contributed by atoms with Gasteiger partial charge in [0, 0.05) is 22.2 Å². The third-order valence-corrected chi connectivity index (χ3v) is 2.73. The zero-order valence-electron chi connectivity index (χ0n) is 7.38. The number of hydrogen-bond acceptors (Lipinski definition) is 2. The summed E-state index contributed by atoms with van der Waals surface area (Å²) in [5, 5.41) is 0.710. The fourth-order valence-electron chi connectivity index (χ4n) is 1.01. The molecule has 0 amide bonds. The van der Waals surface area contributed by atoms with E-state index in [4.69, 9.17) is 0 Å². The average Bonchev–Trinajstić information content (AvgIpc) is 2.10. The van der Waals surface area contributed by atoms with E-state index < -0.39 is 0 Å². The Bertz CT molecular complexity index is 323. The predicted molar refractivity (Wildman–Crippen MR) is 61.2 cm³/mol. The van der Waals surface area contributed by atoms with Crippen molar-refractivity contribution in [3.63, 3.8) is 0 Å². The van der Waals surface area contributed by atoms with Crippen molar-refractivity contribution in [3.05, 3.63) is 29.3 Å². The fourth-order valence-corrected chi connectivity index (χ4v) is 1.59. The Morgan fingerprint density at radius 2 is 2.23 bits per heavy atom. The third kappa shape index (κ3) is 2.85. The number of carbonyl (C=O) groups is 1. The molecule has 0 N–H and O–H groups in total. The lowest BCUT2D eigenvalue weighted by Crippen LogP contribution is -1.99. The molecule has 1 aromatic carbocycles. The Hall–Kier alpha value is -0.280. The number of carbonyl (C=O) groups excluding carboxylic acids is 1. The van der Waals surface area contributed by atoms with Crippen molar-refractivity contribution >= 4 is 34.3 Å². The number of hydrogen-bond donors (Lipinski definition) is 1. The van der Waals surface area contributed by atoms with Crippen LogP contribution in [0.4, 0.5) is 0 Å². The minimum Gasteiger partial charge on any atom is -0.294 e. The number of rotatable bonds is 3. The van der Waals surface area contributed by atoms with Gasteiger partial charge in [0.05, 0.1) is 0 Å². The highest BCUT2D eigenvalue weighted by atomic mass is 79.9. The molecule has 0 aliphatic heterocycles. The van der Waals surface area contributed by atoms with Crippen LogP contribution >= 0.6 is 28.6 Å². The number of benzene rings is 1. The summed E-state index contributed by atoms with van der Waals surface area (Å²) in [6.45, 7) is 1.97. The lowest BCUT2D eigenvalue weighted by Gasteiger charge is -2.02. The van der Waals surface area contributed by atoms with Gasteiger partial charge >= 0.3 is 0 Å². The van der Waals surface area contributed by atoms with Crippen molar-refractivity contribution in [1.82, 2.24) is 0 Å². The van der Waals surface area contributed by atoms with Gasteiger partial charge in [0.15, 0.2) is 5.78 Å². The van der Waals surface area contributed by atoms with Crippen molar-refractivity contribution in [2.45, 2.75) is 18.2 Å².